The SMILES string of the molecule is Cc1c(C)c(O)n(-c2ccc(OC(C)OCCOc3ccc(C4CCCCC4)cc3)cc2)c1O. The van der Waals surface area contributed by atoms with Crippen molar-refractivity contribution < 1.29 is 24.4 Å². The fourth-order valence-corrected chi connectivity index (χ4v) is 4.56. The lowest BCUT2D eigenvalue weighted by Crippen LogP contribution is -2.19. The quantitative estimate of drug-likeness (QED) is 0.284. The molecule has 182 valence electrons. The highest BCUT2D eigenvalue weighted by Gasteiger charge is 2.18. The van der Waals surface area contributed by atoms with Crippen LogP contribution in [0.1, 0.15) is 61.6 Å². The summed E-state index contributed by atoms with van der Waals surface area (Å²) in [6.45, 7) is 6.23. The number of ether oxygens (including phenoxy) is 3. The molecule has 0 amide bonds. The summed E-state index contributed by atoms with van der Waals surface area (Å²) in [5.74, 6) is 2.25. The van der Waals surface area contributed by atoms with Crippen LogP contribution in [0, 0.1) is 13.8 Å². The summed E-state index contributed by atoms with van der Waals surface area (Å²) in [5.41, 5.74) is 3.38. The molecule has 2 N–H and O–H groups in total. The second-order valence-corrected chi connectivity index (χ2v) is 9.04. The van der Waals surface area contributed by atoms with Crippen molar-refractivity contribution >= 4 is 0 Å². The average molecular weight is 466 g/mol. The molecular formula is C28H35NO5. The van der Waals surface area contributed by atoms with Crippen molar-refractivity contribution in [1.29, 1.82) is 0 Å². The van der Waals surface area contributed by atoms with Gasteiger partial charge < -0.3 is 24.4 Å². The van der Waals surface area contributed by atoms with E-state index in [0.29, 0.717) is 41.7 Å². The molecule has 1 unspecified atom stereocenters. The highest BCUT2D eigenvalue weighted by atomic mass is 16.7. The van der Waals surface area contributed by atoms with Gasteiger partial charge in [-0.25, -0.2) is 0 Å². The first-order chi connectivity index (χ1) is 16.4. The first kappa shape index (κ1) is 24.0. The molecule has 1 aromatic heterocycles. The van der Waals surface area contributed by atoms with E-state index in [9.17, 15) is 10.2 Å². The maximum atomic E-state index is 10.3. The van der Waals surface area contributed by atoms with Gasteiger partial charge in [0.2, 0.25) is 11.8 Å². The van der Waals surface area contributed by atoms with E-state index < -0.39 is 6.29 Å². The minimum absolute atomic E-state index is 0.0315. The summed E-state index contributed by atoms with van der Waals surface area (Å²) in [6, 6.07) is 15.6. The number of nitrogens with zero attached hydrogens (tertiary/aromatic N) is 1. The van der Waals surface area contributed by atoms with Gasteiger partial charge in [-0.05, 0) is 81.5 Å². The number of aromatic nitrogens is 1. The molecule has 0 radical (unpaired) electrons. The first-order valence-corrected chi connectivity index (χ1v) is 12.2. The molecule has 2 aromatic carbocycles. The van der Waals surface area contributed by atoms with Gasteiger partial charge in [-0.2, -0.15) is 0 Å². The summed E-state index contributed by atoms with van der Waals surface area (Å²) >= 11 is 0. The third kappa shape index (κ3) is 5.50. The van der Waals surface area contributed by atoms with Crippen LogP contribution in [0.25, 0.3) is 5.69 Å². The van der Waals surface area contributed by atoms with Crippen LogP contribution in [0.2, 0.25) is 0 Å². The number of hydrogen-bond acceptors (Lipinski definition) is 5. The molecule has 0 bridgehead atoms. The Morgan fingerprint density at radius 1 is 0.824 bits per heavy atom. The second-order valence-electron chi connectivity index (χ2n) is 9.04. The number of benzene rings is 2. The predicted molar refractivity (Wildman–Crippen MR) is 132 cm³/mol. The van der Waals surface area contributed by atoms with E-state index in [4.69, 9.17) is 14.2 Å². The van der Waals surface area contributed by atoms with Crippen LogP contribution in [-0.4, -0.2) is 34.3 Å². The van der Waals surface area contributed by atoms with Gasteiger partial charge in [0.25, 0.3) is 0 Å². The van der Waals surface area contributed by atoms with Gasteiger partial charge in [-0.3, -0.25) is 4.57 Å². The molecule has 6 heteroatoms. The van der Waals surface area contributed by atoms with Crippen molar-refractivity contribution in [3.8, 4) is 28.9 Å². The average Bonchev–Trinajstić information content (AvgIpc) is 3.06. The lowest BCUT2D eigenvalue weighted by molar-refractivity contribution is -0.0739. The van der Waals surface area contributed by atoms with Gasteiger partial charge >= 0.3 is 0 Å². The Morgan fingerprint density at radius 2 is 1.41 bits per heavy atom. The number of hydrogen-bond donors (Lipinski definition) is 2. The van der Waals surface area contributed by atoms with E-state index >= 15 is 0 Å². The molecule has 4 rings (SSSR count). The molecule has 1 heterocycles. The highest BCUT2D eigenvalue weighted by Crippen LogP contribution is 2.36. The monoisotopic (exact) mass is 465 g/mol. The van der Waals surface area contributed by atoms with E-state index in [1.807, 2.05) is 6.92 Å². The Labute approximate surface area is 201 Å². The molecule has 0 spiro atoms. The molecule has 1 aliphatic rings. The molecule has 1 atom stereocenters. The largest absolute Gasteiger partial charge is 0.494 e. The van der Waals surface area contributed by atoms with Gasteiger partial charge in [0.1, 0.15) is 18.1 Å². The number of rotatable bonds is 9. The molecule has 34 heavy (non-hydrogen) atoms. The van der Waals surface area contributed by atoms with Gasteiger partial charge in [0.05, 0.1) is 12.3 Å². The smallest absolute Gasteiger partial charge is 0.201 e. The minimum Gasteiger partial charge on any atom is -0.494 e. The summed E-state index contributed by atoms with van der Waals surface area (Å²) in [6.07, 6.45) is 6.19. The van der Waals surface area contributed by atoms with Gasteiger partial charge in [-0.15, -0.1) is 0 Å². The highest BCUT2D eigenvalue weighted by molar-refractivity contribution is 5.52. The standard InChI is InChI=1S/C28H35NO5/c1-19-20(2)28(31)29(27(19)30)24-11-15-26(16-12-24)34-21(3)32-17-18-33-25-13-9-23(10-14-25)22-7-5-4-6-8-22/h9-16,21-22,30-31H,4-8,17-18H2,1-3H3. The van der Waals surface area contributed by atoms with Crippen LogP contribution in [0.5, 0.6) is 23.3 Å². The Balaban J connectivity index is 1.21. The second kappa shape index (κ2) is 10.9. The molecule has 0 saturated heterocycles. The van der Waals surface area contributed by atoms with E-state index in [1.54, 1.807) is 38.1 Å². The summed E-state index contributed by atoms with van der Waals surface area (Å²) < 4.78 is 18.8. The topological polar surface area (TPSA) is 73.1 Å². The van der Waals surface area contributed by atoms with Crippen LogP contribution in [0.4, 0.5) is 0 Å². The lowest BCUT2D eigenvalue weighted by atomic mass is 9.84. The van der Waals surface area contributed by atoms with Crippen LogP contribution in [-0.2, 0) is 4.74 Å². The van der Waals surface area contributed by atoms with Crippen LogP contribution in [0.3, 0.4) is 0 Å². The van der Waals surface area contributed by atoms with Crippen LogP contribution >= 0.6 is 0 Å². The fraction of sp³-hybridized carbons (Fsp3) is 0.429. The van der Waals surface area contributed by atoms with Crippen LogP contribution < -0.4 is 9.47 Å². The maximum Gasteiger partial charge on any atom is 0.201 e. The Bertz CT molecular complexity index is 1040. The van der Waals surface area contributed by atoms with Crippen molar-refractivity contribution in [3.05, 3.63) is 65.2 Å². The summed E-state index contributed by atoms with van der Waals surface area (Å²) in [7, 11) is 0. The Kier molecular flexibility index (Phi) is 7.68. The normalized spacial score (nSPS) is 15.3. The molecule has 1 saturated carbocycles. The molecule has 0 aliphatic heterocycles. The molecule has 6 nitrogen and oxygen atoms in total. The van der Waals surface area contributed by atoms with Crippen molar-refractivity contribution in [2.45, 2.75) is 65.1 Å². The summed E-state index contributed by atoms with van der Waals surface area (Å²) in [5, 5.41) is 20.6. The van der Waals surface area contributed by atoms with Gasteiger partial charge in [-0.1, -0.05) is 31.4 Å². The van der Waals surface area contributed by atoms with Crippen molar-refractivity contribution in [1.82, 2.24) is 4.57 Å². The zero-order chi connectivity index (χ0) is 24.1. The first-order valence-electron chi connectivity index (χ1n) is 12.2. The zero-order valence-corrected chi connectivity index (χ0v) is 20.3. The third-order valence-electron chi connectivity index (χ3n) is 6.72. The Hall–Kier alpha value is -3.12. The van der Waals surface area contributed by atoms with E-state index in [0.717, 1.165) is 5.75 Å². The van der Waals surface area contributed by atoms with E-state index in [2.05, 4.69) is 24.3 Å². The minimum atomic E-state index is -0.444. The Morgan fingerprint density at radius 3 is 2.03 bits per heavy atom. The fourth-order valence-electron chi connectivity index (χ4n) is 4.56. The van der Waals surface area contributed by atoms with Crippen LogP contribution in [0.15, 0.2) is 48.5 Å². The summed E-state index contributed by atoms with van der Waals surface area (Å²) in [4.78, 5) is 0. The zero-order valence-electron chi connectivity index (χ0n) is 20.3. The third-order valence-corrected chi connectivity index (χ3v) is 6.72. The molecular weight excluding hydrogens is 430 g/mol. The molecule has 1 fully saturated rings. The lowest BCUT2D eigenvalue weighted by Gasteiger charge is -2.22. The number of aromatic hydroxyl groups is 2. The van der Waals surface area contributed by atoms with E-state index in [1.165, 1.54) is 42.2 Å². The predicted octanol–water partition coefficient (Wildman–Crippen LogP) is 6.37. The molecule has 1 aliphatic carbocycles. The van der Waals surface area contributed by atoms with Gasteiger partial charge in [0.15, 0.2) is 6.29 Å². The van der Waals surface area contributed by atoms with Crippen molar-refractivity contribution in [2.75, 3.05) is 13.2 Å². The van der Waals surface area contributed by atoms with Crippen molar-refractivity contribution in [3.63, 3.8) is 0 Å². The van der Waals surface area contributed by atoms with E-state index in [-0.39, 0.29) is 11.8 Å². The van der Waals surface area contributed by atoms with Crippen molar-refractivity contribution in [2.24, 2.45) is 0 Å². The molecule has 3 aromatic rings. The maximum absolute atomic E-state index is 10.3. The van der Waals surface area contributed by atoms with Gasteiger partial charge in [0, 0.05) is 11.1 Å².